The van der Waals surface area contributed by atoms with Gasteiger partial charge in [0.25, 0.3) is 0 Å². The van der Waals surface area contributed by atoms with Crippen molar-refractivity contribution in [1.82, 2.24) is 0 Å². The molecule has 19 heavy (non-hydrogen) atoms. The SMILES string of the molecule is C=C(CC(=O)OC(C)C)C(=O)OCc1ccccc1. The molecule has 0 saturated heterocycles. The molecule has 102 valence electrons. The monoisotopic (exact) mass is 262 g/mol. The maximum absolute atomic E-state index is 11.6. The molecular formula is C15H18O4. The Morgan fingerprint density at radius 3 is 2.42 bits per heavy atom. The van der Waals surface area contributed by atoms with Crippen molar-refractivity contribution >= 4 is 11.9 Å². The third-order valence-electron chi connectivity index (χ3n) is 2.23. The molecule has 4 heteroatoms. The Kier molecular flexibility index (Phi) is 5.79. The Morgan fingerprint density at radius 1 is 1.21 bits per heavy atom. The normalized spacial score (nSPS) is 10.1. The number of hydrogen-bond acceptors (Lipinski definition) is 4. The van der Waals surface area contributed by atoms with Gasteiger partial charge >= 0.3 is 11.9 Å². The van der Waals surface area contributed by atoms with Gasteiger partial charge in [-0.3, -0.25) is 4.79 Å². The number of carbonyl (C=O) groups excluding carboxylic acids is 2. The Morgan fingerprint density at radius 2 is 1.84 bits per heavy atom. The zero-order chi connectivity index (χ0) is 14.3. The average Bonchev–Trinajstić information content (AvgIpc) is 2.36. The average molecular weight is 262 g/mol. The third-order valence-corrected chi connectivity index (χ3v) is 2.23. The largest absolute Gasteiger partial charge is 0.463 e. The minimum Gasteiger partial charge on any atom is -0.463 e. The molecule has 0 spiro atoms. The van der Waals surface area contributed by atoms with Crippen LogP contribution in [0.5, 0.6) is 0 Å². The number of hydrogen-bond donors (Lipinski definition) is 0. The minimum atomic E-state index is -0.579. The second kappa shape index (κ2) is 7.36. The fraction of sp³-hybridized carbons (Fsp3) is 0.333. The minimum absolute atomic E-state index is 0.0987. The predicted molar refractivity (Wildman–Crippen MR) is 71.2 cm³/mol. The third kappa shape index (κ3) is 5.86. The van der Waals surface area contributed by atoms with E-state index in [1.807, 2.05) is 30.3 Å². The second-order valence-corrected chi connectivity index (χ2v) is 4.38. The quantitative estimate of drug-likeness (QED) is 0.584. The molecule has 0 unspecified atom stereocenters. The molecule has 0 saturated carbocycles. The van der Waals surface area contributed by atoms with E-state index in [0.717, 1.165) is 5.56 Å². The summed E-state index contributed by atoms with van der Waals surface area (Å²) >= 11 is 0. The summed E-state index contributed by atoms with van der Waals surface area (Å²) in [5.74, 6) is -1.05. The van der Waals surface area contributed by atoms with Gasteiger partial charge in [-0.05, 0) is 19.4 Å². The summed E-state index contributed by atoms with van der Waals surface area (Å²) in [6.07, 6.45) is -0.355. The van der Waals surface area contributed by atoms with Crippen molar-refractivity contribution in [3.8, 4) is 0 Å². The molecule has 0 aliphatic rings. The molecular weight excluding hydrogens is 244 g/mol. The molecule has 0 radical (unpaired) electrons. The van der Waals surface area contributed by atoms with E-state index in [1.165, 1.54) is 0 Å². The van der Waals surface area contributed by atoms with E-state index in [9.17, 15) is 9.59 Å². The maximum atomic E-state index is 11.6. The van der Waals surface area contributed by atoms with Crippen LogP contribution in [0, 0.1) is 0 Å². The van der Waals surface area contributed by atoms with Crippen LogP contribution in [-0.4, -0.2) is 18.0 Å². The second-order valence-electron chi connectivity index (χ2n) is 4.38. The molecule has 0 amide bonds. The van der Waals surface area contributed by atoms with Crippen molar-refractivity contribution in [1.29, 1.82) is 0 Å². The van der Waals surface area contributed by atoms with Crippen LogP contribution in [-0.2, 0) is 25.7 Å². The molecule has 4 nitrogen and oxygen atoms in total. The molecule has 0 heterocycles. The number of benzene rings is 1. The van der Waals surface area contributed by atoms with Crippen molar-refractivity contribution in [3.05, 3.63) is 48.0 Å². The predicted octanol–water partition coefficient (Wildman–Crippen LogP) is 2.63. The lowest BCUT2D eigenvalue weighted by molar-refractivity contribution is -0.149. The first kappa shape index (κ1) is 15.0. The lowest BCUT2D eigenvalue weighted by Gasteiger charge is -2.09. The van der Waals surface area contributed by atoms with Gasteiger partial charge in [-0.1, -0.05) is 36.9 Å². The van der Waals surface area contributed by atoms with Crippen LogP contribution in [0.3, 0.4) is 0 Å². The number of esters is 2. The Balaban J connectivity index is 2.37. The van der Waals surface area contributed by atoms with E-state index >= 15 is 0 Å². The first-order valence-electron chi connectivity index (χ1n) is 6.07. The van der Waals surface area contributed by atoms with Gasteiger partial charge in [-0.25, -0.2) is 4.79 Å². The van der Waals surface area contributed by atoms with Gasteiger partial charge in [0, 0.05) is 5.57 Å². The van der Waals surface area contributed by atoms with E-state index in [4.69, 9.17) is 9.47 Å². The van der Waals surface area contributed by atoms with E-state index in [0.29, 0.717) is 0 Å². The Labute approximate surface area is 113 Å². The van der Waals surface area contributed by atoms with E-state index in [2.05, 4.69) is 6.58 Å². The molecule has 0 bridgehead atoms. The van der Waals surface area contributed by atoms with Crippen LogP contribution in [0.1, 0.15) is 25.8 Å². The summed E-state index contributed by atoms with van der Waals surface area (Å²) in [5, 5.41) is 0. The van der Waals surface area contributed by atoms with E-state index in [1.54, 1.807) is 13.8 Å². The lowest BCUT2D eigenvalue weighted by Crippen LogP contribution is -2.15. The summed E-state index contributed by atoms with van der Waals surface area (Å²) in [6, 6.07) is 9.30. The highest BCUT2D eigenvalue weighted by molar-refractivity contribution is 5.93. The zero-order valence-corrected chi connectivity index (χ0v) is 11.2. The van der Waals surface area contributed by atoms with Crippen LogP contribution in [0.15, 0.2) is 42.5 Å². The highest BCUT2D eigenvalue weighted by Crippen LogP contribution is 2.07. The maximum Gasteiger partial charge on any atom is 0.334 e. The highest BCUT2D eigenvalue weighted by Gasteiger charge is 2.15. The molecule has 1 aromatic rings. The molecule has 1 aromatic carbocycles. The van der Waals surface area contributed by atoms with Gasteiger partial charge in [0.1, 0.15) is 6.61 Å². The standard InChI is InChI=1S/C15H18O4/c1-11(2)19-14(16)9-12(3)15(17)18-10-13-7-5-4-6-8-13/h4-8,11H,3,9-10H2,1-2H3. The molecule has 0 aromatic heterocycles. The summed E-state index contributed by atoms with van der Waals surface area (Å²) in [4.78, 5) is 23.0. The van der Waals surface area contributed by atoms with Crippen LogP contribution in [0.25, 0.3) is 0 Å². The number of ether oxygens (including phenoxy) is 2. The van der Waals surface area contributed by atoms with Crippen LogP contribution < -0.4 is 0 Å². The van der Waals surface area contributed by atoms with E-state index < -0.39 is 11.9 Å². The molecule has 1 rings (SSSR count). The molecule has 0 aliphatic carbocycles. The van der Waals surface area contributed by atoms with Gasteiger partial charge in [-0.15, -0.1) is 0 Å². The first-order valence-corrected chi connectivity index (χ1v) is 6.07. The fourth-order valence-corrected chi connectivity index (χ4v) is 1.38. The van der Waals surface area contributed by atoms with Gasteiger partial charge in [-0.2, -0.15) is 0 Å². The molecule has 0 aliphatic heterocycles. The Bertz CT molecular complexity index is 448. The molecule has 0 fully saturated rings. The topological polar surface area (TPSA) is 52.6 Å². The smallest absolute Gasteiger partial charge is 0.334 e. The Hall–Kier alpha value is -2.10. The van der Waals surface area contributed by atoms with Crippen LogP contribution in [0.2, 0.25) is 0 Å². The molecule has 0 N–H and O–H groups in total. The highest BCUT2D eigenvalue weighted by atomic mass is 16.5. The van der Waals surface area contributed by atoms with Gasteiger partial charge in [0.05, 0.1) is 12.5 Å². The molecule has 0 atom stereocenters. The summed E-state index contributed by atoms with van der Waals surface area (Å²) in [5.41, 5.74) is 0.981. The van der Waals surface area contributed by atoms with E-state index in [-0.39, 0.29) is 24.7 Å². The van der Waals surface area contributed by atoms with Crippen molar-refractivity contribution in [3.63, 3.8) is 0 Å². The lowest BCUT2D eigenvalue weighted by atomic mass is 10.2. The summed E-state index contributed by atoms with van der Waals surface area (Å²) in [7, 11) is 0. The van der Waals surface area contributed by atoms with Gasteiger partial charge in [0.15, 0.2) is 0 Å². The van der Waals surface area contributed by atoms with Crippen LogP contribution in [0.4, 0.5) is 0 Å². The fourth-order valence-electron chi connectivity index (χ4n) is 1.38. The summed E-state index contributed by atoms with van der Waals surface area (Å²) < 4.78 is 9.98. The van der Waals surface area contributed by atoms with Crippen molar-refractivity contribution in [2.24, 2.45) is 0 Å². The van der Waals surface area contributed by atoms with Crippen molar-refractivity contribution in [2.45, 2.75) is 33.0 Å². The van der Waals surface area contributed by atoms with Crippen molar-refractivity contribution in [2.75, 3.05) is 0 Å². The zero-order valence-electron chi connectivity index (χ0n) is 11.2. The van der Waals surface area contributed by atoms with Crippen LogP contribution >= 0.6 is 0 Å². The number of rotatable bonds is 6. The summed E-state index contributed by atoms with van der Waals surface area (Å²) in [6.45, 7) is 7.19. The van der Waals surface area contributed by atoms with Gasteiger partial charge in [0.2, 0.25) is 0 Å². The first-order chi connectivity index (χ1) is 8.99. The number of carbonyl (C=O) groups is 2. The van der Waals surface area contributed by atoms with Gasteiger partial charge < -0.3 is 9.47 Å². The van der Waals surface area contributed by atoms with Crippen molar-refractivity contribution < 1.29 is 19.1 Å².